The molecule has 0 unspecified atom stereocenters. The zero-order chi connectivity index (χ0) is 12.7. The van der Waals surface area contributed by atoms with E-state index >= 15 is 0 Å². The lowest BCUT2D eigenvalue weighted by atomic mass is 10.1. The molecule has 5 heteroatoms. The molecule has 0 radical (unpaired) electrons. The van der Waals surface area contributed by atoms with Gasteiger partial charge in [0.2, 0.25) is 5.95 Å². The largest absolute Gasteiger partial charge is 0.368 e. The first-order valence-electron chi connectivity index (χ1n) is 5.42. The van der Waals surface area contributed by atoms with Crippen LogP contribution in [0.3, 0.4) is 0 Å². The van der Waals surface area contributed by atoms with Gasteiger partial charge in [-0.15, -0.1) is 11.3 Å². The molecular formula is C13H10FN3S. The summed E-state index contributed by atoms with van der Waals surface area (Å²) in [4.78, 5) is 9.09. The number of aryl methyl sites for hydroxylation is 1. The van der Waals surface area contributed by atoms with Gasteiger partial charge in [0.05, 0.1) is 5.69 Å². The van der Waals surface area contributed by atoms with Crippen molar-refractivity contribution in [1.82, 2.24) is 9.97 Å². The van der Waals surface area contributed by atoms with E-state index in [2.05, 4.69) is 9.97 Å². The number of fused-ring (bicyclic) bond motifs is 1. The quantitative estimate of drug-likeness (QED) is 0.728. The van der Waals surface area contributed by atoms with Crippen LogP contribution in [-0.4, -0.2) is 9.97 Å². The van der Waals surface area contributed by atoms with Crippen molar-refractivity contribution in [3.8, 4) is 11.3 Å². The summed E-state index contributed by atoms with van der Waals surface area (Å²) in [6.07, 6.45) is 0. The summed E-state index contributed by atoms with van der Waals surface area (Å²) in [5, 5.41) is 2.73. The van der Waals surface area contributed by atoms with Gasteiger partial charge in [-0.1, -0.05) is 11.6 Å². The van der Waals surface area contributed by atoms with Gasteiger partial charge in [-0.05, 0) is 30.5 Å². The minimum Gasteiger partial charge on any atom is -0.368 e. The third-order valence-electron chi connectivity index (χ3n) is 2.72. The number of halogens is 1. The van der Waals surface area contributed by atoms with Crippen LogP contribution in [0.1, 0.15) is 5.56 Å². The number of hydrogen-bond donors (Lipinski definition) is 1. The Balaban J connectivity index is 2.37. The molecular weight excluding hydrogens is 249 g/mol. The molecule has 3 nitrogen and oxygen atoms in total. The van der Waals surface area contributed by atoms with Gasteiger partial charge in [0.1, 0.15) is 10.6 Å². The molecule has 3 rings (SSSR count). The minimum absolute atomic E-state index is 0.167. The summed E-state index contributed by atoms with van der Waals surface area (Å²) in [7, 11) is 0. The van der Waals surface area contributed by atoms with Gasteiger partial charge in [0, 0.05) is 10.9 Å². The normalized spacial score (nSPS) is 11.0. The van der Waals surface area contributed by atoms with Crippen molar-refractivity contribution in [1.29, 1.82) is 0 Å². The second kappa shape index (κ2) is 4.03. The van der Waals surface area contributed by atoms with Gasteiger partial charge in [-0.25, -0.2) is 14.4 Å². The molecule has 18 heavy (non-hydrogen) atoms. The first-order valence-corrected chi connectivity index (χ1v) is 6.30. The average molecular weight is 259 g/mol. The number of anilines is 1. The van der Waals surface area contributed by atoms with Crippen LogP contribution in [0, 0.1) is 12.7 Å². The Bertz CT molecular complexity index is 736. The number of rotatable bonds is 1. The van der Waals surface area contributed by atoms with Crippen molar-refractivity contribution in [2.45, 2.75) is 6.92 Å². The van der Waals surface area contributed by atoms with Gasteiger partial charge in [0.25, 0.3) is 0 Å². The smallest absolute Gasteiger partial charge is 0.221 e. The molecule has 2 heterocycles. The van der Waals surface area contributed by atoms with E-state index in [4.69, 9.17) is 5.73 Å². The summed E-state index contributed by atoms with van der Waals surface area (Å²) < 4.78 is 13.9. The molecule has 90 valence electrons. The summed E-state index contributed by atoms with van der Waals surface area (Å²) in [5.74, 6) is -0.132. The maximum absolute atomic E-state index is 13.9. The molecule has 0 aliphatic carbocycles. The Kier molecular flexibility index (Phi) is 2.48. The van der Waals surface area contributed by atoms with E-state index in [9.17, 15) is 4.39 Å². The second-order valence-corrected chi connectivity index (χ2v) is 4.95. The summed E-state index contributed by atoms with van der Waals surface area (Å²) >= 11 is 1.47. The monoisotopic (exact) mass is 259 g/mol. The van der Waals surface area contributed by atoms with Gasteiger partial charge < -0.3 is 5.73 Å². The fraction of sp³-hybridized carbons (Fsp3) is 0.0769. The van der Waals surface area contributed by atoms with Gasteiger partial charge >= 0.3 is 0 Å². The molecule has 0 spiro atoms. The predicted molar refractivity (Wildman–Crippen MR) is 72.0 cm³/mol. The Morgan fingerprint density at radius 1 is 1.22 bits per heavy atom. The molecule has 1 aromatic carbocycles. The van der Waals surface area contributed by atoms with Gasteiger partial charge in [-0.3, -0.25) is 0 Å². The number of aromatic nitrogens is 2. The SMILES string of the molecule is Cc1ccc(F)c(-c2nc(N)nc3sccc23)c1. The van der Waals surface area contributed by atoms with Crippen LogP contribution >= 0.6 is 11.3 Å². The maximum atomic E-state index is 13.9. The van der Waals surface area contributed by atoms with Gasteiger partial charge in [-0.2, -0.15) is 0 Å². The molecule has 0 saturated heterocycles. The highest BCUT2D eigenvalue weighted by Crippen LogP contribution is 2.31. The molecule has 0 atom stereocenters. The number of nitrogens with two attached hydrogens (primary N) is 1. The molecule has 0 aliphatic rings. The highest BCUT2D eigenvalue weighted by molar-refractivity contribution is 7.16. The fourth-order valence-corrected chi connectivity index (χ4v) is 2.67. The first-order chi connectivity index (χ1) is 8.65. The molecule has 0 saturated carbocycles. The number of benzene rings is 1. The third kappa shape index (κ3) is 1.73. The molecule has 0 fully saturated rings. The van der Waals surface area contributed by atoms with Crippen molar-refractivity contribution in [2.75, 3.05) is 5.73 Å². The lowest BCUT2D eigenvalue weighted by Gasteiger charge is -2.06. The molecule has 0 aliphatic heterocycles. The van der Waals surface area contributed by atoms with Crippen LogP contribution in [0.2, 0.25) is 0 Å². The number of thiophene rings is 1. The van der Waals surface area contributed by atoms with Crippen LogP contribution in [0.4, 0.5) is 10.3 Å². The summed E-state index contributed by atoms with van der Waals surface area (Å²) in [5.41, 5.74) is 7.67. The Labute approximate surface area is 107 Å². The third-order valence-corrected chi connectivity index (χ3v) is 3.53. The van der Waals surface area contributed by atoms with Crippen LogP contribution in [-0.2, 0) is 0 Å². The Hall–Kier alpha value is -2.01. The van der Waals surface area contributed by atoms with Crippen molar-refractivity contribution in [3.63, 3.8) is 0 Å². The number of nitrogens with zero attached hydrogens (tertiary/aromatic N) is 2. The van der Waals surface area contributed by atoms with E-state index in [-0.39, 0.29) is 11.8 Å². The second-order valence-electron chi connectivity index (χ2n) is 4.05. The summed E-state index contributed by atoms with van der Waals surface area (Å²) in [6.45, 7) is 1.91. The van der Waals surface area contributed by atoms with Crippen LogP contribution < -0.4 is 5.73 Å². The molecule has 2 aromatic heterocycles. The van der Waals surface area contributed by atoms with E-state index < -0.39 is 0 Å². The van der Waals surface area contributed by atoms with E-state index in [0.29, 0.717) is 11.3 Å². The fourth-order valence-electron chi connectivity index (χ4n) is 1.90. The first kappa shape index (κ1) is 11.1. The lowest BCUT2D eigenvalue weighted by molar-refractivity contribution is 0.630. The summed E-state index contributed by atoms with van der Waals surface area (Å²) in [6, 6.07) is 6.83. The average Bonchev–Trinajstić information content (AvgIpc) is 2.79. The predicted octanol–water partition coefficient (Wildman–Crippen LogP) is 3.39. The van der Waals surface area contributed by atoms with Crippen molar-refractivity contribution in [2.24, 2.45) is 0 Å². The topological polar surface area (TPSA) is 51.8 Å². The zero-order valence-electron chi connectivity index (χ0n) is 9.64. The zero-order valence-corrected chi connectivity index (χ0v) is 10.5. The molecule has 0 bridgehead atoms. The van der Waals surface area contributed by atoms with Crippen molar-refractivity contribution < 1.29 is 4.39 Å². The van der Waals surface area contributed by atoms with Crippen molar-refractivity contribution >= 4 is 27.5 Å². The minimum atomic E-state index is -0.300. The van der Waals surface area contributed by atoms with Gasteiger partial charge in [0.15, 0.2) is 0 Å². The van der Waals surface area contributed by atoms with E-state index in [1.54, 1.807) is 12.1 Å². The van der Waals surface area contributed by atoms with E-state index in [1.165, 1.54) is 17.4 Å². The lowest BCUT2D eigenvalue weighted by Crippen LogP contribution is -1.98. The number of hydrogen-bond acceptors (Lipinski definition) is 4. The van der Waals surface area contributed by atoms with E-state index in [1.807, 2.05) is 18.4 Å². The maximum Gasteiger partial charge on any atom is 0.221 e. The molecule has 2 N–H and O–H groups in total. The Morgan fingerprint density at radius 3 is 2.89 bits per heavy atom. The molecule has 3 aromatic rings. The molecule has 0 amide bonds. The van der Waals surface area contributed by atoms with Crippen LogP contribution in [0.25, 0.3) is 21.5 Å². The Morgan fingerprint density at radius 2 is 2.06 bits per heavy atom. The van der Waals surface area contributed by atoms with Crippen LogP contribution in [0.15, 0.2) is 29.6 Å². The van der Waals surface area contributed by atoms with E-state index in [0.717, 1.165) is 15.8 Å². The highest BCUT2D eigenvalue weighted by Gasteiger charge is 2.13. The van der Waals surface area contributed by atoms with Crippen LogP contribution in [0.5, 0.6) is 0 Å². The van der Waals surface area contributed by atoms with Crippen molar-refractivity contribution in [3.05, 3.63) is 41.0 Å². The number of nitrogen functional groups attached to an aromatic ring is 1. The standard InChI is InChI=1S/C13H10FN3S/c1-7-2-3-10(14)9(6-7)11-8-4-5-18-12(8)17-13(15)16-11/h2-6H,1H3,(H2,15,16,17). The highest BCUT2D eigenvalue weighted by atomic mass is 32.1.